The number of thiazole rings is 1. The first kappa shape index (κ1) is 17.8. The van der Waals surface area contributed by atoms with E-state index in [4.69, 9.17) is 4.74 Å². The van der Waals surface area contributed by atoms with Gasteiger partial charge >= 0.3 is 0 Å². The van der Waals surface area contributed by atoms with E-state index < -0.39 is 0 Å². The van der Waals surface area contributed by atoms with Gasteiger partial charge in [-0.2, -0.15) is 0 Å². The van der Waals surface area contributed by atoms with Crippen molar-refractivity contribution in [2.24, 2.45) is 0 Å². The number of imidazole rings is 1. The SMILES string of the molecule is COc1ccc(-c2cn3c(C(=O)Nc4ccc(Br)cc4C)csc3n2)cc1. The number of methoxy groups -OCH3 is 1. The van der Waals surface area contributed by atoms with Crippen molar-refractivity contribution < 1.29 is 9.53 Å². The van der Waals surface area contributed by atoms with Gasteiger partial charge in [0.25, 0.3) is 5.91 Å². The highest BCUT2D eigenvalue weighted by Crippen LogP contribution is 2.26. The maximum atomic E-state index is 12.8. The second-order valence-corrected chi connectivity index (χ2v) is 7.79. The van der Waals surface area contributed by atoms with Gasteiger partial charge in [-0.15, -0.1) is 11.3 Å². The van der Waals surface area contributed by atoms with Crippen molar-refractivity contribution in [3.8, 4) is 17.0 Å². The van der Waals surface area contributed by atoms with Crippen LogP contribution in [0.15, 0.2) is 58.5 Å². The Kier molecular flexibility index (Phi) is 4.72. The quantitative estimate of drug-likeness (QED) is 0.461. The van der Waals surface area contributed by atoms with Crippen LogP contribution in [0, 0.1) is 6.92 Å². The first-order valence-corrected chi connectivity index (χ1v) is 9.91. The number of aryl methyl sites for hydroxylation is 1. The van der Waals surface area contributed by atoms with Crippen LogP contribution in [-0.4, -0.2) is 22.4 Å². The second-order valence-electron chi connectivity index (χ2n) is 6.04. The average molecular weight is 442 g/mol. The molecular weight excluding hydrogens is 426 g/mol. The molecule has 7 heteroatoms. The van der Waals surface area contributed by atoms with Gasteiger partial charge in [-0.1, -0.05) is 15.9 Å². The van der Waals surface area contributed by atoms with E-state index in [-0.39, 0.29) is 5.91 Å². The number of anilines is 1. The Balaban J connectivity index is 1.64. The summed E-state index contributed by atoms with van der Waals surface area (Å²) in [7, 11) is 1.64. The van der Waals surface area contributed by atoms with E-state index in [9.17, 15) is 4.79 Å². The third kappa shape index (κ3) is 3.48. The van der Waals surface area contributed by atoms with Crippen LogP contribution < -0.4 is 10.1 Å². The lowest BCUT2D eigenvalue weighted by Crippen LogP contribution is -2.14. The van der Waals surface area contributed by atoms with Gasteiger partial charge in [0, 0.05) is 27.3 Å². The minimum Gasteiger partial charge on any atom is -0.497 e. The van der Waals surface area contributed by atoms with Crippen LogP contribution in [0.25, 0.3) is 16.2 Å². The summed E-state index contributed by atoms with van der Waals surface area (Å²) in [4.78, 5) is 18.2. The standard InChI is InChI=1S/C20H16BrN3O2S/c1-12-9-14(21)5-8-16(12)22-19(25)18-11-27-20-23-17(10-24(18)20)13-3-6-15(26-2)7-4-13/h3-11H,1-2H3,(H,22,25). The zero-order chi connectivity index (χ0) is 19.0. The number of aromatic nitrogens is 2. The molecule has 4 aromatic rings. The van der Waals surface area contributed by atoms with Crippen molar-refractivity contribution >= 4 is 43.8 Å². The molecule has 2 heterocycles. The first-order chi connectivity index (χ1) is 13.0. The molecule has 4 rings (SSSR count). The number of amides is 1. The summed E-state index contributed by atoms with van der Waals surface area (Å²) in [5, 5.41) is 4.80. The topological polar surface area (TPSA) is 55.6 Å². The maximum Gasteiger partial charge on any atom is 0.273 e. The molecule has 2 aromatic carbocycles. The van der Waals surface area contributed by atoms with Crippen molar-refractivity contribution in [3.05, 3.63) is 69.8 Å². The highest BCUT2D eigenvalue weighted by Gasteiger charge is 2.16. The Morgan fingerprint density at radius 2 is 2.00 bits per heavy atom. The number of carbonyl (C=O) groups is 1. The van der Waals surface area contributed by atoms with E-state index in [0.29, 0.717) is 5.69 Å². The molecule has 5 nitrogen and oxygen atoms in total. The normalized spacial score (nSPS) is 10.9. The third-order valence-corrected chi connectivity index (χ3v) is 5.60. The molecule has 0 aliphatic heterocycles. The maximum absolute atomic E-state index is 12.8. The van der Waals surface area contributed by atoms with Crippen molar-refractivity contribution in [2.45, 2.75) is 6.92 Å². The summed E-state index contributed by atoms with van der Waals surface area (Å²) < 4.78 is 8.00. The predicted molar refractivity (Wildman–Crippen MR) is 112 cm³/mol. The molecule has 0 unspecified atom stereocenters. The number of nitrogens with one attached hydrogen (secondary N) is 1. The largest absolute Gasteiger partial charge is 0.497 e. The van der Waals surface area contributed by atoms with E-state index in [1.54, 1.807) is 7.11 Å². The lowest BCUT2D eigenvalue weighted by molar-refractivity contribution is 0.102. The van der Waals surface area contributed by atoms with E-state index in [0.717, 1.165) is 37.7 Å². The van der Waals surface area contributed by atoms with Gasteiger partial charge in [0.1, 0.15) is 11.4 Å². The fraction of sp³-hybridized carbons (Fsp3) is 0.100. The van der Waals surface area contributed by atoms with Crippen LogP contribution >= 0.6 is 27.3 Å². The average Bonchev–Trinajstić information content (AvgIpc) is 3.24. The van der Waals surface area contributed by atoms with Crippen LogP contribution in [0.3, 0.4) is 0 Å². The predicted octanol–water partition coefficient (Wildman–Crippen LogP) is 5.39. The molecule has 0 saturated carbocycles. The first-order valence-electron chi connectivity index (χ1n) is 8.23. The number of fused-ring (bicyclic) bond motifs is 1. The van der Waals surface area contributed by atoms with E-state index >= 15 is 0 Å². The molecule has 0 spiro atoms. The van der Waals surface area contributed by atoms with Crippen LogP contribution in [0.1, 0.15) is 16.1 Å². The molecule has 2 aromatic heterocycles. The minimum atomic E-state index is -0.162. The summed E-state index contributed by atoms with van der Waals surface area (Å²) in [5.41, 5.74) is 4.14. The van der Waals surface area contributed by atoms with Gasteiger partial charge in [-0.25, -0.2) is 4.98 Å². The third-order valence-electron chi connectivity index (χ3n) is 4.26. The molecule has 0 saturated heterocycles. The molecule has 1 amide bonds. The Labute approximate surface area is 168 Å². The highest BCUT2D eigenvalue weighted by atomic mass is 79.9. The number of ether oxygens (including phenoxy) is 1. The Bertz CT molecular complexity index is 1130. The number of hydrogen-bond acceptors (Lipinski definition) is 4. The van der Waals surface area contributed by atoms with Crippen LogP contribution in [0.5, 0.6) is 5.75 Å². The number of halogens is 1. The van der Waals surface area contributed by atoms with Crippen LogP contribution in [0.4, 0.5) is 5.69 Å². The monoisotopic (exact) mass is 441 g/mol. The van der Waals surface area contributed by atoms with Gasteiger partial charge < -0.3 is 10.1 Å². The summed E-state index contributed by atoms with van der Waals surface area (Å²) in [6, 6.07) is 13.5. The van der Waals surface area contributed by atoms with E-state index in [1.807, 2.05) is 65.4 Å². The molecule has 0 bridgehead atoms. The van der Waals surface area contributed by atoms with Crippen molar-refractivity contribution in [2.75, 3.05) is 12.4 Å². The number of benzene rings is 2. The smallest absolute Gasteiger partial charge is 0.273 e. The van der Waals surface area contributed by atoms with Gasteiger partial charge in [-0.3, -0.25) is 9.20 Å². The van der Waals surface area contributed by atoms with Crippen LogP contribution in [-0.2, 0) is 0 Å². The van der Waals surface area contributed by atoms with Gasteiger partial charge in [-0.05, 0) is 55.0 Å². The number of carbonyl (C=O) groups excluding carboxylic acids is 1. The summed E-state index contributed by atoms with van der Waals surface area (Å²) in [6.45, 7) is 1.96. The summed E-state index contributed by atoms with van der Waals surface area (Å²) >= 11 is 4.88. The lowest BCUT2D eigenvalue weighted by atomic mass is 10.2. The summed E-state index contributed by atoms with van der Waals surface area (Å²) in [5.74, 6) is 0.634. The molecule has 0 fully saturated rings. The highest BCUT2D eigenvalue weighted by molar-refractivity contribution is 9.10. The molecule has 136 valence electrons. The zero-order valence-electron chi connectivity index (χ0n) is 14.7. The minimum absolute atomic E-state index is 0.162. The zero-order valence-corrected chi connectivity index (χ0v) is 17.1. The van der Waals surface area contributed by atoms with E-state index in [2.05, 4.69) is 26.2 Å². The van der Waals surface area contributed by atoms with Gasteiger partial charge in [0.05, 0.1) is 12.8 Å². The summed E-state index contributed by atoms with van der Waals surface area (Å²) in [6.07, 6.45) is 1.89. The number of hydrogen-bond donors (Lipinski definition) is 1. The van der Waals surface area contributed by atoms with Crippen LogP contribution in [0.2, 0.25) is 0 Å². The Hall–Kier alpha value is -2.64. The second kappa shape index (κ2) is 7.17. The van der Waals surface area contributed by atoms with Crippen molar-refractivity contribution in [3.63, 3.8) is 0 Å². The Morgan fingerprint density at radius 1 is 1.22 bits per heavy atom. The molecular formula is C20H16BrN3O2S. The van der Waals surface area contributed by atoms with Crippen molar-refractivity contribution in [1.29, 1.82) is 0 Å². The fourth-order valence-electron chi connectivity index (χ4n) is 2.80. The lowest BCUT2D eigenvalue weighted by Gasteiger charge is -2.08. The molecule has 0 aliphatic rings. The fourth-order valence-corrected chi connectivity index (χ4v) is 4.13. The van der Waals surface area contributed by atoms with Crippen molar-refractivity contribution in [1.82, 2.24) is 9.38 Å². The number of rotatable bonds is 4. The molecule has 27 heavy (non-hydrogen) atoms. The molecule has 1 N–H and O–H groups in total. The van der Waals surface area contributed by atoms with E-state index in [1.165, 1.54) is 11.3 Å². The molecule has 0 aliphatic carbocycles. The molecule has 0 atom stereocenters. The van der Waals surface area contributed by atoms with Gasteiger partial charge in [0.2, 0.25) is 0 Å². The molecule has 0 radical (unpaired) electrons. The van der Waals surface area contributed by atoms with Gasteiger partial charge in [0.15, 0.2) is 4.96 Å². The number of nitrogens with zero attached hydrogens (tertiary/aromatic N) is 2. The Morgan fingerprint density at radius 3 is 2.70 bits per heavy atom.